The predicted molar refractivity (Wildman–Crippen MR) is 72.6 cm³/mol. The monoisotopic (exact) mass is 255 g/mol. The van der Waals surface area contributed by atoms with E-state index in [1.54, 1.807) is 6.92 Å². The zero-order valence-corrected chi connectivity index (χ0v) is 10.4. The zero-order valence-electron chi connectivity index (χ0n) is 10.4. The molecule has 96 valence electrons. The van der Waals surface area contributed by atoms with Gasteiger partial charge in [0.05, 0.1) is 5.71 Å². The summed E-state index contributed by atoms with van der Waals surface area (Å²) in [5.41, 5.74) is 9.64. The van der Waals surface area contributed by atoms with E-state index in [4.69, 9.17) is 5.73 Å². The number of nitrogens with two attached hydrogens (primary N) is 1. The number of nitrogens with zero attached hydrogens (tertiary/aromatic N) is 3. The van der Waals surface area contributed by atoms with Gasteiger partial charge in [0, 0.05) is 12.4 Å². The summed E-state index contributed by atoms with van der Waals surface area (Å²) in [4.78, 5) is 19.5. The van der Waals surface area contributed by atoms with Gasteiger partial charge >= 0.3 is 0 Å². The minimum absolute atomic E-state index is 0.0621. The van der Waals surface area contributed by atoms with Gasteiger partial charge in [-0.25, -0.2) is 15.4 Å². The lowest BCUT2D eigenvalue weighted by molar-refractivity contribution is 0.0950. The zero-order chi connectivity index (χ0) is 13.7. The number of aromatic nitrogens is 2. The van der Waals surface area contributed by atoms with Crippen molar-refractivity contribution in [2.24, 2.45) is 5.10 Å². The van der Waals surface area contributed by atoms with Gasteiger partial charge in [-0.1, -0.05) is 30.3 Å². The van der Waals surface area contributed by atoms with Crippen molar-refractivity contribution in [1.29, 1.82) is 0 Å². The minimum Gasteiger partial charge on any atom is -0.382 e. The van der Waals surface area contributed by atoms with Gasteiger partial charge in [0.2, 0.25) is 0 Å². The third kappa shape index (κ3) is 3.12. The fourth-order valence-corrected chi connectivity index (χ4v) is 1.46. The molecule has 0 radical (unpaired) electrons. The molecule has 6 heteroatoms. The maximum Gasteiger partial charge on any atom is 0.293 e. The number of hydrazone groups is 1. The third-order valence-electron chi connectivity index (χ3n) is 2.46. The van der Waals surface area contributed by atoms with E-state index in [1.807, 2.05) is 30.3 Å². The van der Waals surface area contributed by atoms with Gasteiger partial charge in [-0.15, -0.1) is 0 Å². The molecular formula is C13H13N5O. The first kappa shape index (κ1) is 12.7. The standard InChI is InChI=1S/C13H13N5O/c1-9(10-5-3-2-4-6-10)17-18-13(19)11-12(14)16-8-7-15-11/h2-8H,1H3,(H2,14,16)(H,18,19)/b17-9+. The molecule has 0 unspecified atom stereocenters. The van der Waals surface area contributed by atoms with Crippen LogP contribution in [0.2, 0.25) is 0 Å². The molecule has 19 heavy (non-hydrogen) atoms. The fourth-order valence-electron chi connectivity index (χ4n) is 1.46. The van der Waals surface area contributed by atoms with Gasteiger partial charge < -0.3 is 5.73 Å². The molecule has 0 spiro atoms. The number of carbonyl (C=O) groups is 1. The molecule has 0 saturated heterocycles. The van der Waals surface area contributed by atoms with Crippen LogP contribution in [-0.4, -0.2) is 21.6 Å². The van der Waals surface area contributed by atoms with Crippen molar-refractivity contribution in [2.75, 3.05) is 5.73 Å². The van der Waals surface area contributed by atoms with Gasteiger partial charge in [0.1, 0.15) is 0 Å². The Morgan fingerprint density at radius 3 is 2.58 bits per heavy atom. The number of benzene rings is 1. The summed E-state index contributed by atoms with van der Waals surface area (Å²) in [5.74, 6) is -0.409. The van der Waals surface area contributed by atoms with Crippen molar-refractivity contribution < 1.29 is 4.79 Å². The first-order valence-electron chi connectivity index (χ1n) is 5.65. The van der Waals surface area contributed by atoms with Crippen molar-refractivity contribution >= 4 is 17.4 Å². The Labute approximate surface area is 110 Å². The Morgan fingerprint density at radius 1 is 1.21 bits per heavy atom. The normalized spacial score (nSPS) is 11.1. The topological polar surface area (TPSA) is 93.3 Å². The molecule has 1 heterocycles. The summed E-state index contributed by atoms with van der Waals surface area (Å²) in [6, 6.07) is 9.52. The summed E-state index contributed by atoms with van der Waals surface area (Å²) in [5, 5.41) is 4.01. The Balaban J connectivity index is 2.11. The number of hydrogen-bond acceptors (Lipinski definition) is 5. The summed E-state index contributed by atoms with van der Waals surface area (Å²) < 4.78 is 0. The third-order valence-corrected chi connectivity index (χ3v) is 2.46. The molecule has 3 N–H and O–H groups in total. The molecular weight excluding hydrogens is 242 g/mol. The minimum atomic E-state index is -0.485. The molecule has 0 atom stereocenters. The maximum absolute atomic E-state index is 11.8. The molecule has 0 aliphatic carbocycles. The number of hydrogen-bond donors (Lipinski definition) is 2. The maximum atomic E-state index is 11.8. The van der Waals surface area contributed by atoms with Crippen molar-refractivity contribution in [3.05, 3.63) is 54.0 Å². The Bertz CT molecular complexity index is 609. The van der Waals surface area contributed by atoms with E-state index in [2.05, 4.69) is 20.5 Å². The van der Waals surface area contributed by atoms with Crippen LogP contribution in [0.3, 0.4) is 0 Å². The molecule has 6 nitrogen and oxygen atoms in total. The van der Waals surface area contributed by atoms with Gasteiger partial charge in [-0.3, -0.25) is 4.79 Å². The quantitative estimate of drug-likeness (QED) is 0.636. The number of nitrogen functional groups attached to an aromatic ring is 1. The first-order valence-corrected chi connectivity index (χ1v) is 5.65. The van der Waals surface area contributed by atoms with Crippen LogP contribution < -0.4 is 11.2 Å². The van der Waals surface area contributed by atoms with E-state index in [9.17, 15) is 4.79 Å². The molecule has 0 saturated carbocycles. The van der Waals surface area contributed by atoms with E-state index in [1.165, 1.54) is 12.4 Å². The lowest BCUT2D eigenvalue weighted by Crippen LogP contribution is -2.22. The summed E-state index contributed by atoms with van der Waals surface area (Å²) in [7, 11) is 0. The van der Waals surface area contributed by atoms with Crippen LogP contribution in [0.15, 0.2) is 47.8 Å². The Hall–Kier alpha value is -2.76. The summed E-state index contributed by atoms with van der Waals surface area (Å²) in [6.07, 6.45) is 2.82. The van der Waals surface area contributed by atoms with E-state index in [0.717, 1.165) is 5.56 Å². The average Bonchev–Trinajstić information content (AvgIpc) is 2.46. The molecule has 1 amide bonds. The average molecular weight is 255 g/mol. The van der Waals surface area contributed by atoms with Gasteiger partial charge in [-0.2, -0.15) is 5.10 Å². The van der Waals surface area contributed by atoms with E-state index >= 15 is 0 Å². The number of rotatable bonds is 3. The van der Waals surface area contributed by atoms with Crippen LogP contribution in [0.1, 0.15) is 23.0 Å². The Morgan fingerprint density at radius 2 is 1.89 bits per heavy atom. The van der Waals surface area contributed by atoms with Crippen molar-refractivity contribution in [3.63, 3.8) is 0 Å². The van der Waals surface area contributed by atoms with Crippen molar-refractivity contribution in [1.82, 2.24) is 15.4 Å². The molecule has 0 aliphatic heterocycles. The van der Waals surface area contributed by atoms with Gasteiger partial charge in [-0.05, 0) is 12.5 Å². The highest BCUT2D eigenvalue weighted by Crippen LogP contribution is 2.03. The SMILES string of the molecule is C/C(=N\NC(=O)c1nccnc1N)c1ccccc1. The lowest BCUT2D eigenvalue weighted by Gasteiger charge is -2.03. The lowest BCUT2D eigenvalue weighted by atomic mass is 10.1. The van der Waals surface area contributed by atoms with Crippen molar-refractivity contribution in [3.8, 4) is 0 Å². The second-order valence-corrected chi connectivity index (χ2v) is 3.79. The van der Waals surface area contributed by atoms with Gasteiger partial charge in [0.25, 0.3) is 5.91 Å². The van der Waals surface area contributed by atoms with Crippen molar-refractivity contribution in [2.45, 2.75) is 6.92 Å². The van der Waals surface area contributed by atoms with Crippen LogP contribution in [0.4, 0.5) is 5.82 Å². The second-order valence-electron chi connectivity index (χ2n) is 3.79. The number of anilines is 1. The number of amides is 1. The van der Waals surface area contributed by atoms with Crippen LogP contribution >= 0.6 is 0 Å². The molecule has 2 aromatic rings. The van der Waals surface area contributed by atoms with Gasteiger partial charge in [0.15, 0.2) is 11.5 Å². The molecule has 0 fully saturated rings. The number of nitrogens with one attached hydrogen (secondary N) is 1. The fraction of sp³-hybridized carbons (Fsp3) is 0.0769. The molecule has 1 aromatic carbocycles. The smallest absolute Gasteiger partial charge is 0.293 e. The highest BCUT2D eigenvalue weighted by atomic mass is 16.2. The van der Waals surface area contributed by atoms with E-state index in [-0.39, 0.29) is 11.5 Å². The first-order chi connectivity index (χ1) is 9.18. The largest absolute Gasteiger partial charge is 0.382 e. The summed E-state index contributed by atoms with van der Waals surface area (Å²) >= 11 is 0. The second kappa shape index (κ2) is 5.72. The van der Waals surface area contributed by atoms with E-state index in [0.29, 0.717) is 5.71 Å². The number of carbonyl (C=O) groups excluding carboxylic acids is 1. The highest BCUT2D eigenvalue weighted by Gasteiger charge is 2.11. The Kier molecular flexibility index (Phi) is 3.82. The predicted octanol–water partition coefficient (Wildman–Crippen LogP) is 1.21. The van der Waals surface area contributed by atoms with Crippen LogP contribution in [0, 0.1) is 0 Å². The van der Waals surface area contributed by atoms with Crippen LogP contribution in [0.5, 0.6) is 0 Å². The van der Waals surface area contributed by atoms with Crippen LogP contribution in [0.25, 0.3) is 0 Å². The van der Waals surface area contributed by atoms with Crippen LogP contribution in [-0.2, 0) is 0 Å². The molecule has 1 aromatic heterocycles. The van der Waals surface area contributed by atoms with E-state index < -0.39 is 5.91 Å². The summed E-state index contributed by atoms with van der Waals surface area (Å²) in [6.45, 7) is 1.80. The molecule has 0 aliphatic rings. The highest BCUT2D eigenvalue weighted by molar-refractivity contribution is 6.01. The molecule has 0 bridgehead atoms. The molecule has 2 rings (SSSR count).